The number of Topliss-reactive ketones (excluding diaryl/α,β-unsaturated/α-hetero) is 1. The molecular formula is C11H12Cl2O2. The summed E-state index contributed by atoms with van der Waals surface area (Å²) in [7, 11) is 0. The van der Waals surface area contributed by atoms with Crippen LogP contribution in [-0.4, -0.2) is 17.2 Å². The molecule has 0 aliphatic carbocycles. The first kappa shape index (κ1) is 12.3. The second kappa shape index (κ2) is 5.99. The highest BCUT2D eigenvalue weighted by atomic mass is 35.5. The first-order valence-electron chi connectivity index (χ1n) is 4.70. The van der Waals surface area contributed by atoms with E-state index in [1.165, 1.54) is 0 Å². The highest BCUT2D eigenvalue weighted by molar-refractivity contribution is 6.55. The zero-order valence-corrected chi connectivity index (χ0v) is 9.89. The Hall–Kier alpha value is -0.730. The second-order valence-electron chi connectivity index (χ2n) is 3.04. The zero-order chi connectivity index (χ0) is 11.3. The quantitative estimate of drug-likeness (QED) is 0.588. The minimum Gasteiger partial charge on any atom is -0.494 e. The fourth-order valence-electron chi connectivity index (χ4n) is 1.06. The van der Waals surface area contributed by atoms with Crippen molar-refractivity contribution >= 4 is 29.0 Å². The average molecular weight is 247 g/mol. The zero-order valence-electron chi connectivity index (χ0n) is 8.37. The molecule has 0 heterocycles. The number of carbonyl (C=O) groups is 1. The van der Waals surface area contributed by atoms with Crippen molar-refractivity contribution < 1.29 is 9.53 Å². The molecule has 15 heavy (non-hydrogen) atoms. The van der Waals surface area contributed by atoms with Gasteiger partial charge in [0.2, 0.25) is 0 Å². The molecule has 0 atom stereocenters. The molecule has 1 rings (SSSR count). The van der Waals surface area contributed by atoms with Gasteiger partial charge in [-0.05, 0) is 30.7 Å². The molecule has 1 aromatic rings. The third kappa shape index (κ3) is 3.73. The van der Waals surface area contributed by atoms with Gasteiger partial charge in [0, 0.05) is 5.56 Å². The van der Waals surface area contributed by atoms with Crippen molar-refractivity contribution in [1.29, 1.82) is 0 Å². The van der Waals surface area contributed by atoms with E-state index in [2.05, 4.69) is 0 Å². The van der Waals surface area contributed by atoms with Crippen molar-refractivity contribution in [3.63, 3.8) is 0 Å². The summed E-state index contributed by atoms with van der Waals surface area (Å²) in [4.78, 5) is 10.4. The molecule has 0 aromatic heterocycles. The third-order valence-electron chi connectivity index (χ3n) is 1.81. The lowest BCUT2D eigenvalue weighted by atomic mass is 10.1. The highest BCUT2D eigenvalue weighted by Crippen LogP contribution is 2.16. The molecule has 0 aliphatic heterocycles. The number of hydrogen-bond acceptors (Lipinski definition) is 2. The first-order chi connectivity index (χ1) is 7.15. The summed E-state index contributed by atoms with van der Waals surface area (Å²) in [6.07, 6.45) is 0.951. The van der Waals surface area contributed by atoms with E-state index in [1.54, 1.807) is 24.3 Å². The van der Waals surface area contributed by atoms with Crippen LogP contribution in [0, 0.1) is 0 Å². The van der Waals surface area contributed by atoms with Crippen LogP contribution in [0.1, 0.15) is 23.7 Å². The van der Waals surface area contributed by atoms with E-state index < -0.39 is 4.84 Å². The van der Waals surface area contributed by atoms with Crippen LogP contribution in [0.2, 0.25) is 0 Å². The summed E-state index contributed by atoms with van der Waals surface area (Å²) in [5.41, 5.74) is 0.494. The molecule has 0 unspecified atom stereocenters. The van der Waals surface area contributed by atoms with E-state index in [-0.39, 0.29) is 5.78 Å². The lowest BCUT2D eigenvalue weighted by molar-refractivity contribution is 0.101. The lowest BCUT2D eigenvalue weighted by Crippen LogP contribution is -2.07. The summed E-state index contributed by atoms with van der Waals surface area (Å²) in [5, 5.41) is 0. The topological polar surface area (TPSA) is 26.3 Å². The summed E-state index contributed by atoms with van der Waals surface area (Å²) < 4.78 is 5.37. The Kier molecular flexibility index (Phi) is 4.92. The van der Waals surface area contributed by atoms with Crippen molar-refractivity contribution in [3.05, 3.63) is 29.8 Å². The van der Waals surface area contributed by atoms with E-state index in [1.807, 2.05) is 6.92 Å². The van der Waals surface area contributed by atoms with Gasteiger partial charge < -0.3 is 4.74 Å². The molecule has 0 aliphatic rings. The van der Waals surface area contributed by atoms with Gasteiger partial charge in [0.05, 0.1) is 6.61 Å². The summed E-state index contributed by atoms with van der Waals surface area (Å²) >= 11 is 10.9. The summed E-state index contributed by atoms with van der Waals surface area (Å²) in [5.74, 6) is 0.453. The van der Waals surface area contributed by atoms with Crippen LogP contribution in [0.5, 0.6) is 5.75 Å². The van der Waals surface area contributed by atoms with Crippen LogP contribution < -0.4 is 4.74 Å². The Morgan fingerprint density at radius 3 is 2.40 bits per heavy atom. The van der Waals surface area contributed by atoms with Crippen molar-refractivity contribution in [2.24, 2.45) is 0 Å². The predicted molar refractivity (Wildman–Crippen MR) is 62.1 cm³/mol. The normalized spacial score (nSPS) is 10.4. The molecule has 0 amide bonds. The van der Waals surface area contributed by atoms with Crippen LogP contribution >= 0.6 is 23.2 Å². The lowest BCUT2D eigenvalue weighted by Gasteiger charge is -2.05. The number of halogens is 2. The third-order valence-corrected chi connectivity index (χ3v) is 2.21. The van der Waals surface area contributed by atoms with Crippen molar-refractivity contribution in [3.8, 4) is 5.75 Å². The molecule has 0 radical (unpaired) electrons. The van der Waals surface area contributed by atoms with Gasteiger partial charge in [-0.25, -0.2) is 0 Å². The Balaban J connectivity index is 2.68. The number of alkyl halides is 2. The van der Waals surface area contributed by atoms with Crippen LogP contribution in [0.15, 0.2) is 24.3 Å². The largest absolute Gasteiger partial charge is 0.494 e. The van der Waals surface area contributed by atoms with E-state index in [0.717, 1.165) is 12.2 Å². The molecule has 82 valence electrons. The van der Waals surface area contributed by atoms with Crippen LogP contribution in [0.3, 0.4) is 0 Å². The van der Waals surface area contributed by atoms with E-state index in [4.69, 9.17) is 27.9 Å². The van der Waals surface area contributed by atoms with Crippen molar-refractivity contribution in [2.75, 3.05) is 6.61 Å². The SMILES string of the molecule is CCCOc1ccc(C(=O)C(Cl)Cl)cc1. The fourth-order valence-corrected chi connectivity index (χ4v) is 1.31. The monoisotopic (exact) mass is 246 g/mol. The van der Waals surface area contributed by atoms with Gasteiger partial charge in [-0.2, -0.15) is 0 Å². The van der Waals surface area contributed by atoms with Gasteiger partial charge in [-0.15, -0.1) is 0 Å². The molecular weight excluding hydrogens is 235 g/mol. The van der Waals surface area contributed by atoms with Crippen molar-refractivity contribution in [1.82, 2.24) is 0 Å². The minimum atomic E-state index is -1.01. The fraction of sp³-hybridized carbons (Fsp3) is 0.364. The maximum absolute atomic E-state index is 11.4. The molecule has 2 nitrogen and oxygen atoms in total. The maximum atomic E-state index is 11.4. The van der Waals surface area contributed by atoms with E-state index in [9.17, 15) is 4.79 Å². The van der Waals surface area contributed by atoms with Gasteiger partial charge in [-0.1, -0.05) is 30.1 Å². The minimum absolute atomic E-state index is 0.291. The average Bonchev–Trinajstić information content (AvgIpc) is 2.26. The molecule has 4 heteroatoms. The summed E-state index contributed by atoms with van der Waals surface area (Å²) in [6.45, 7) is 2.70. The van der Waals surface area contributed by atoms with E-state index >= 15 is 0 Å². The Bertz CT molecular complexity index is 320. The van der Waals surface area contributed by atoms with Crippen LogP contribution in [0.4, 0.5) is 0 Å². The number of carbonyl (C=O) groups excluding carboxylic acids is 1. The second-order valence-corrected chi connectivity index (χ2v) is 4.13. The van der Waals surface area contributed by atoms with Gasteiger partial charge in [-0.3, -0.25) is 4.79 Å². The Morgan fingerprint density at radius 2 is 1.93 bits per heavy atom. The smallest absolute Gasteiger partial charge is 0.195 e. The summed E-state index contributed by atoms with van der Waals surface area (Å²) in [6, 6.07) is 6.79. The van der Waals surface area contributed by atoms with Crippen molar-refractivity contribution in [2.45, 2.75) is 18.2 Å². The van der Waals surface area contributed by atoms with Crippen LogP contribution in [-0.2, 0) is 0 Å². The maximum Gasteiger partial charge on any atom is 0.195 e. The number of rotatable bonds is 5. The Morgan fingerprint density at radius 1 is 1.33 bits per heavy atom. The van der Waals surface area contributed by atoms with Gasteiger partial charge in [0.25, 0.3) is 0 Å². The Labute approximate surface area is 99.1 Å². The molecule has 0 spiro atoms. The molecule has 0 N–H and O–H groups in total. The van der Waals surface area contributed by atoms with E-state index in [0.29, 0.717) is 12.2 Å². The van der Waals surface area contributed by atoms with Gasteiger partial charge in [0.1, 0.15) is 5.75 Å². The standard InChI is InChI=1S/C11H12Cl2O2/c1-2-7-15-9-5-3-8(4-6-9)10(14)11(12)13/h3-6,11H,2,7H2,1H3. The number of ketones is 1. The molecule has 0 fully saturated rings. The highest BCUT2D eigenvalue weighted by Gasteiger charge is 2.13. The first-order valence-corrected chi connectivity index (χ1v) is 5.57. The molecule has 0 bridgehead atoms. The molecule has 1 aromatic carbocycles. The van der Waals surface area contributed by atoms with Gasteiger partial charge >= 0.3 is 0 Å². The number of benzene rings is 1. The molecule has 0 saturated carbocycles. The number of hydrogen-bond donors (Lipinski definition) is 0. The number of ether oxygens (including phenoxy) is 1. The van der Waals surface area contributed by atoms with Gasteiger partial charge in [0.15, 0.2) is 10.6 Å². The predicted octanol–water partition coefficient (Wildman–Crippen LogP) is 3.46. The molecule has 0 saturated heterocycles. The van der Waals surface area contributed by atoms with Crippen LogP contribution in [0.25, 0.3) is 0 Å².